The minimum Gasteiger partial charge on any atom is -0.368 e. The number of rotatable bonds is 3. The zero-order chi connectivity index (χ0) is 12.9. The van der Waals surface area contributed by atoms with E-state index in [9.17, 15) is 9.59 Å². The molecule has 1 heterocycles. The van der Waals surface area contributed by atoms with E-state index in [0.29, 0.717) is 17.3 Å². The van der Waals surface area contributed by atoms with E-state index in [0.717, 1.165) is 16.7 Å². The minimum absolute atomic E-state index is 0.452. The van der Waals surface area contributed by atoms with Crippen LogP contribution in [0.25, 0.3) is 0 Å². The molecular weight excluding hydrogens is 296 g/mol. The normalized spacial score (nSPS) is 17.7. The first-order valence-corrected chi connectivity index (χ1v) is 6.87. The Morgan fingerprint density at radius 1 is 1.39 bits per heavy atom. The second kappa shape index (κ2) is 4.09. The van der Waals surface area contributed by atoms with Crippen molar-refractivity contribution in [2.24, 2.45) is 0 Å². The Balaban J connectivity index is 2.05. The number of anilines is 2. The van der Waals surface area contributed by atoms with Crippen LogP contribution in [0.5, 0.6) is 0 Å². The summed E-state index contributed by atoms with van der Waals surface area (Å²) in [6.07, 6.45) is 2.42. The van der Waals surface area contributed by atoms with Gasteiger partial charge in [-0.05, 0) is 47.8 Å². The molecule has 1 amide bonds. The molecule has 1 aromatic carbocycles. The summed E-state index contributed by atoms with van der Waals surface area (Å²) in [7, 11) is 0. The molecule has 5 heteroatoms. The molecule has 94 valence electrons. The average molecular weight is 309 g/mol. The number of ketones is 1. The Hall–Kier alpha value is -1.36. The van der Waals surface area contributed by atoms with E-state index < -0.39 is 11.7 Å². The summed E-state index contributed by atoms with van der Waals surface area (Å²) in [5, 5.41) is 2.62. The van der Waals surface area contributed by atoms with Gasteiger partial charge >= 0.3 is 0 Å². The average Bonchev–Trinajstić information content (AvgIpc) is 3.13. The van der Waals surface area contributed by atoms with Crippen molar-refractivity contribution in [3.63, 3.8) is 0 Å². The van der Waals surface area contributed by atoms with E-state index in [1.54, 1.807) is 6.07 Å². The van der Waals surface area contributed by atoms with Gasteiger partial charge in [0.15, 0.2) is 0 Å². The molecule has 0 atom stereocenters. The molecule has 0 radical (unpaired) electrons. The maximum atomic E-state index is 11.6. The maximum Gasteiger partial charge on any atom is 0.296 e. The largest absolute Gasteiger partial charge is 0.368 e. The number of halogens is 1. The number of nitrogens with zero attached hydrogens (tertiary/aromatic N) is 1. The zero-order valence-corrected chi connectivity index (χ0v) is 11.6. The van der Waals surface area contributed by atoms with Gasteiger partial charge in [-0.25, -0.2) is 0 Å². The van der Waals surface area contributed by atoms with E-state index in [1.165, 1.54) is 12.8 Å². The summed E-state index contributed by atoms with van der Waals surface area (Å²) in [5.74, 6) is -0.991. The Morgan fingerprint density at radius 2 is 2.11 bits per heavy atom. The fourth-order valence-electron chi connectivity index (χ4n) is 2.39. The topological polar surface area (TPSA) is 49.4 Å². The van der Waals surface area contributed by atoms with Crippen molar-refractivity contribution in [2.75, 3.05) is 16.8 Å². The molecule has 1 aromatic rings. The highest BCUT2D eigenvalue weighted by Gasteiger charge is 2.33. The van der Waals surface area contributed by atoms with Crippen LogP contribution in [0.1, 0.15) is 30.1 Å². The summed E-state index contributed by atoms with van der Waals surface area (Å²) in [6.45, 7) is 3.03. The van der Waals surface area contributed by atoms with Gasteiger partial charge in [0.2, 0.25) is 0 Å². The number of benzene rings is 1. The molecule has 1 aliphatic heterocycles. The fourth-order valence-corrected chi connectivity index (χ4v) is 2.96. The number of nitrogens with one attached hydrogen (secondary N) is 1. The highest BCUT2D eigenvalue weighted by Crippen LogP contribution is 2.39. The van der Waals surface area contributed by atoms with Gasteiger partial charge in [-0.1, -0.05) is 0 Å². The van der Waals surface area contributed by atoms with Crippen molar-refractivity contribution in [3.8, 4) is 0 Å². The molecule has 0 unspecified atom stereocenters. The summed E-state index contributed by atoms with van der Waals surface area (Å²) >= 11 is 3.50. The summed E-state index contributed by atoms with van der Waals surface area (Å²) in [4.78, 5) is 25.3. The number of hydrogen-bond acceptors (Lipinski definition) is 3. The van der Waals surface area contributed by atoms with E-state index in [4.69, 9.17) is 0 Å². The van der Waals surface area contributed by atoms with Crippen LogP contribution in [0, 0.1) is 0 Å². The summed E-state index contributed by atoms with van der Waals surface area (Å²) < 4.78 is 0.875. The Labute approximate surface area is 113 Å². The van der Waals surface area contributed by atoms with Gasteiger partial charge in [0.25, 0.3) is 11.7 Å². The zero-order valence-electron chi connectivity index (χ0n) is 10.00. The predicted molar refractivity (Wildman–Crippen MR) is 73.1 cm³/mol. The smallest absolute Gasteiger partial charge is 0.296 e. The molecule has 4 nitrogen and oxygen atoms in total. The molecule has 18 heavy (non-hydrogen) atoms. The van der Waals surface area contributed by atoms with Gasteiger partial charge in [-0.3, -0.25) is 9.59 Å². The van der Waals surface area contributed by atoms with E-state index in [1.807, 2.05) is 6.07 Å². The van der Waals surface area contributed by atoms with Crippen molar-refractivity contribution in [2.45, 2.75) is 25.8 Å². The number of Topliss-reactive ketones (excluding diaryl/α,β-unsaturated/α-hetero) is 1. The molecule has 0 bridgehead atoms. The molecule has 1 aliphatic carbocycles. The Kier molecular flexibility index (Phi) is 2.66. The van der Waals surface area contributed by atoms with Crippen molar-refractivity contribution in [1.82, 2.24) is 0 Å². The van der Waals surface area contributed by atoms with Gasteiger partial charge in [0.1, 0.15) is 0 Å². The highest BCUT2D eigenvalue weighted by atomic mass is 79.9. The third-order valence-electron chi connectivity index (χ3n) is 3.42. The van der Waals surface area contributed by atoms with Crippen LogP contribution in [-0.4, -0.2) is 24.3 Å². The van der Waals surface area contributed by atoms with Crippen molar-refractivity contribution in [3.05, 3.63) is 22.2 Å². The number of fused-ring (bicyclic) bond motifs is 1. The van der Waals surface area contributed by atoms with Crippen LogP contribution < -0.4 is 10.2 Å². The highest BCUT2D eigenvalue weighted by molar-refractivity contribution is 9.10. The number of carbonyl (C=O) groups is 2. The second-order valence-electron chi connectivity index (χ2n) is 4.65. The molecular formula is C13H13BrN2O2. The standard InChI is InChI=1S/C13H13BrN2O2/c1-2-16(7-3-4-7)11-6-10-8(5-9(11)14)12(17)13(18)15-10/h5-7H,2-4H2,1H3,(H,15,17,18). The summed E-state index contributed by atoms with van der Waals surface area (Å²) in [5.41, 5.74) is 2.14. The lowest BCUT2D eigenvalue weighted by Crippen LogP contribution is -2.25. The van der Waals surface area contributed by atoms with Gasteiger partial charge in [0.05, 0.1) is 16.9 Å². The van der Waals surface area contributed by atoms with Crippen LogP contribution in [0.2, 0.25) is 0 Å². The molecule has 1 fully saturated rings. The van der Waals surface area contributed by atoms with Crippen molar-refractivity contribution < 1.29 is 9.59 Å². The Morgan fingerprint density at radius 3 is 2.72 bits per heavy atom. The number of hydrogen-bond donors (Lipinski definition) is 1. The lowest BCUT2D eigenvalue weighted by Gasteiger charge is -2.24. The van der Waals surface area contributed by atoms with Gasteiger partial charge < -0.3 is 10.2 Å². The lowest BCUT2D eigenvalue weighted by molar-refractivity contribution is -0.112. The van der Waals surface area contributed by atoms with Gasteiger partial charge in [-0.15, -0.1) is 0 Å². The van der Waals surface area contributed by atoms with Crippen LogP contribution in [0.4, 0.5) is 11.4 Å². The predicted octanol–water partition coefficient (Wildman–Crippen LogP) is 2.57. The molecule has 0 aromatic heterocycles. The Bertz CT molecular complexity index is 552. The first-order valence-electron chi connectivity index (χ1n) is 6.07. The molecule has 1 saturated carbocycles. The molecule has 0 saturated heterocycles. The van der Waals surface area contributed by atoms with E-state index in [-0.39, 0.29) is 0 Å². The quantitative estimate of drug-likeness (QED) is 0.873. The van der Waals surface area contributed by atoms with Crippen LogP contribution in [-0.2, 0) is 4.79 Å². The van der Waals surface area contributed by atoms with E-state index >= 15 is 0 Å². The molecule has 1 N–H and O–H groups in total. The lowest BCUT2D eigenvalue weighted by atomic mass is 10.1. The van der Waals surface area contributed by atoms with E-state index in [2.05, 4.69) is 33.1 Å². The first-order chi connectivity index (χ1) is 8.61. The van der Waals surface area contributed by atoms with Gasteiger partial charge in [-0.2, -0.15) is 0 Å². The third-order valence-corrected chi connectivity index (χ3v) is 4.06. The monoisotopic (exact) mass is 308 g/mol. The van der Waals surface area contributed by atoms with Crippen molar-refractivity contribution in [1.29, 1.82) is 0 Å². The van der Waals surface area contributed by atoms with Crippen LogP contribution >= 0.6 is 15.9 Å². The number of amides is 1. The third kappa shape index (κ3) is 1.73. The summed E-state index contributed by atoms with van der Waals surface area (Å²) in [6, 6.07) is 4.23. The second-order valence-corrected chi connectivity index (χ2v) is 5.50. The fraction of sp³-hybridized carbons (Fsp3) is 0.385. The van der Waals surface area contributed by atoms with Crippen LogP contribution in [0.3, 0.4) is 0 Å². The van der Waals surface area contributed by atoms with Crippen LogP contribution in [0.15, 0.2) is 16.6 Å². The first kappa shape index (κ1) is 11.7. The van der Waals surface area contributed by atoms with Gasteiger partial charge in [0, 0.05) is 17.1 Å². The maximum absolute atomic E-state index is 11.6. The van der Waals surface area contributed by atoms with Crippen molar-refractivity contribution >= 4 is 39.0 Å². The number of carbonyl (C=O) groups excluding carboxylic acids is 2. The molecule has 3 rings (SSSR count). The SMILES string of the molecule is CCN(c1cc2c(cc1Br)C(=O)C(=O)N2)C1CC1. The molecule has 0 spiro atoms. The minimum atomic E-state index is -0.538. The molecule has 2 aliphatic rings.